The smallest absolute Gasteiger partial charge is 0.0919 e. The molecular weight excluding hydrogens is 222 g/mol. The number of hydrogen-bond acceptors (Lipinski definition) is 2. The van der Waals surface area contributed by atoms with Gasteiger partial charge >= 0.3 is 0 Å². The number of aliphatic hydroxyl groups is 1. The number of benzene rings is 1. The number of piperidine rings is 1. The van der Waals surface area contributed by atoms with Gasteiger partial charge in [-0.15, -0.1) is 0 Å². The maximum absolute atomic E-state index is 10.4. The zero-order valence-corrected chi connectivity index (χ0v) is 11.8. The zero-order chi connectivity index (χ0) is 13.1. The molecule has 1 fully saturated rings. The van der Waals surface area contributed by atoms with Gasteiger partial charge in [-0.25, -0.2) is 0 Å². The lowest BCUT2D eigenvalue weighted by Gasteiger charge is -2.39. The Morgan fingerprint density at radius 2 is 2.06 bits per heavy atom. The Morgan fingerprint density at radius 1 is 1.33 bits per heavy atom. The molecule has 18 heavy (non-hydrogen) atoms. The summed E-state index contributed by atoms with van der Waals surface area (Å²) in [6.45, 7) is 8.55. The highest BCUT2D eigenvalue weighted by Gasteiger charge is 2.26. The minimum Gasteiger partial charge on any atom is -0.387 e. The molecule has 3 unspecified atom stereocenters. The molecule has 0 aliphatic carbocycles. The molecule has 1 aromatic rings. The molecule has 1 heterocycles. The van der Waals surface area contributed by atoms with E-state index in [0.717, 1.165) is 24.6 Å². The van der Waals surface area contributed by atoms with Crippen molar-refractivity contribution in [3.05, 3.63) is 35.4 Å². The van der Waals surface area contributed by atoms with E-state index in [4.69, 9.17) is 0 Å². The third-order valence-electron chi connectivity index (χ3n) is 4.46. The summed E-state index contributed by atoms with van der Waals surface area (Å²) >= 11 is 0. The van der Waals surface area contributed by atoms with Gasteiger partial charge in [0.1, 0.15) is 0 Å². The van der Waals surface area contributed by atoms with Gasteiger partial charge in [0.2, 0.25) is 0 Å². The minimum atomic E-state index is -0.362. The average molecular weight is 247 g/mol. The lowest BCUT2D eigenvalue weighted by molar-refractivity contribution is 0.0510. The molecule has 1 aliphatic rings. The van der Waals surface area contributed by atoms with E-state index in [1.165, 1.54) is 18.4 Å². The molecule has 0 saturated carbocycles. The molecule has 2 heteroatoms. The second-order valence-corrected chi connectivity index (χ2v) is 5.73. The second kappa shape index (κ2) is 5.85. The summed E-state index contributed by atoms with van der Waals surface area (Å²) in [6.07, 6.45) is 2.21. The topological polar surface area (TPSA) is 23.5 Å². The van der Waals surface area contributed by atoms with Gasteiger partial charge in [0.25, 0.3) is 0 Å². The van der Waals surface area contributed by atoms with E-state index < -0.39 is 0 Å². The standard InChI is InChI=1S/C16H25NO/c1-12-8-6-10-17(14(12)3)11-16(18)15-9-5-4-7-13(15)2/h4-5,7,9,12,14,16,18H,6,8,10-11H2,1-3H3. The van der Waals surface area contributed by atoms with E-state index in [-0.39, 0.29) is 6.10 Å². The van der Waals surface area contributed by atoms with Crippen molar-refractivity contribution in [2.45, 2.75) is 45.8 Å². The average Bonchev–Trinajstić information content (AvgIpc) is 2.35. The summed E-state index contributed by atoms with van der Waals surface area (Å²) in [4.78, 5) is 2.44. The van der Waals surface area contributed by atoms with E-state index in [1.54, 1.807) is 0 Å². The van der Waals surface area contributed by atoms with Gasteiger partial charge in [0.15, 0.2) is 0 Å². The first-order valence-electron chi connectivity index (χ1n) is 7.07. The Hall–Kier alpha value is -0.860. The normalized spacial score (nSPS) is 27.1. The molecule has 0 amide bonds. The van der Waals surface area contributed by atoms with Crippen LogP contribution in [0.5, 0.6) is 0 Å². The van der Waals surface area contributed by atoms with Crippen LogP contribution < -0.4 is 0 Å². The predicted molar refractivity (Wildman–Crippen MR) is 75.6 cm³/mol. The predicted octanol–water partition coefficient (Wildman–Crippen LogP) is 3.15. The molecular formula is C16H25NO. The summed E-state index contributed by atoms with van der Waals surface area (Å²) < 4.78 is 0. The quantitative estimate of drug-likeness (QED) is 0.887. The van der Waals surface area contributed by atoms with Crippen molar-refractivity contribution < 1.29 is 5.11 Å². The molecule has 3 atom stereocenters. The van der Waals surface area contributed by atoms with Crippen LogP contribution >= 0.6 is 0 Å². The van der Waals surface area contributed by atoms with Crippen LogP contribution in [0.25, 0.3) is 0 Å². The van der Waals surface area contributed by atoms with Crippen molar-refractivity contribution in [2.24, 2.45) is 5.92 Å². The molecule has 1 aliphatic heterocycles. The van der Waals surface area contributed by atoms with E-state index in [2.05, 4.69) is 31.7 Å². The van der Waals surface area contributed by atoms with Crippen molar-refractivity contribution in [1.82, 2.24) is 4.90 Å². The van der Waals surface area contributed by atoms with Crippen molar-refractivity contribution in [3.63, 3.8) is 0 Å². The maximum Gasteiger partial charge on any atom is 0.0919 e. The summed E-state index contributed by atoms with van der Waals surface area (Å²) in [7, 11) is 0. The second-order valence-electron chi connectivity index (χ2n) is 5.73. The van der Waals surface area contributed by atoms with E-state index in [0.29, 0.717) is 6.04 Å². The SMILES string of the molecule is Cc1ccccc1C(O)CN1CCCC(C)C1C. The van der Waals surface area contributed by atoms with Crippen LogP contribution in [0.1, 0.15) is 43.9 Å². The van der Waals surface area contributed by atoms with Gasteiger partial charge < -0.3 is 5.11 Å². The molecule has 1 aromatic carbocycles. The first-order chi connectivity index (χ1) is 8.59. The molecule has 2 nitrogen and oxygen atoms in total. The largest absolute Gasteiger partial charge is 0.387 e. The van der Waals surface area contributed by atoms with Crippen molar-refractivity contribution in [3.8, 4) is 0 Å². The van der Waals surface area contributed by atoms with E-state index in [1.807, 2.05) is 18.2 Å². The van der Waals surface area contributed by atoms with Gasteiger partial charge in [-0.1, -0.05) is 31.2 Å². The highest BCUT2D eigenvalue weighted by atomic mass is 16.3. The highest BCUT2D eigenvalue weighted by molar-refractivity contribution is 5.27. The number of likely N-dealkylation sites (tertiary alicyclic amines) is 1. The molecule has 1 N–H and O–H groups in total. The van der Waals surface area contributed by atoms with Gasteiger partial charge in [0, 0.05) is 12.6 Å². The molecule has 0 bridgehead atoms. The van der Waals surface area contributed by atoms with Crippen molar-refractivity contribution >= 4 is 0 Å². The van der Waals surface area contributed by atoms with Crippen LogP contribution in [0, 0.1) is 12.8 Å². The first kappa shape index (κ1) is 13.6. The Labute approximate surface area is 111 Å². The third-order valence-corrected chi connectivity index (χ3v) is 4.46. The van der Waals surface area contributed by atoms with Crippen LogP contribution in [-0.2, 0) is 0 Å². The summed E-state index contributed by atoms with van der Waals surface area (Å²) in [5.41, 5.74) is 2.26. The summed E-state index contributed by atoms with van der Waals surface area (Å²) in [5, 5.41) is 10.4. The Bertz CT molecular complexity index is 390. The fraction of sp³-hybridized carbons (Fsp3) is 0.625. The Kier molecular flexibility index (Phi) is 4.41. The van der Waals surface area contributed by atoms with Gasteiger partial charge in [-0.2, -0.15) is 0 Å². The monoisotopic (exact) mass is 247 g/mol. The Balaban J connectivity index is 2.03. The fourth-order valence-corrected chi connectivity index (χ4v) is 2.96. The van der Waals surface area contributed by atoms with Gasteiger partial charge in [-0.05, 0) is 50.3 Å². The van der Waals surface area contributed by atoms with Crippen LogP contribution in [0.3, 0.4) is 0 Å². The summed E-state index contributed by atoms with van der Waals surface area (Å²) in [5.74, 6) is 0.739. The number of rotatable bonds is 3. The Morgan fingerprint density at radius 3 is 2.78 bits per heavy atom. The lowest BCUT2D eigenvalue weighted by atomic mass is 9.91. The molecule has 0 radical (unpaired) electrons. The lowest BCUT2D eigenvalue weighted by Crippen LogP contribution is -2.44. The van der Waals surface area contributed by atoms with Gasteiger partial charge in [-0.3, -0.25) is 4.90 Å². The van der Waals surface area contributed by atoms with Gasteiger partial charge in [0.05, 0.1) is 6.10 Å². The molecule has 0 spiro atoms. The van der Waals surface area contributed by atoms with Crippen LogP contribution in [0.2, 0.25) is 0 Å². The van der Waals surface area contributed by atoms with E-state index in [9.17, 15) is 5.11 Å². The number of β-amino-alcohol motifs (C(OH)–C–C–N with tert-alkyl or cyclic N) is 1. The van der Waals surface area contributed by atoms with Crippen LogP contribution in [-0.4, -0.2) is 29.1 Å². The zero-order valence-electron chi connectivity index (χ0n) is 11.8. The van der Waals surface area contributed by atoms with E-state index >= 15 is 0 Å². The highest BCUT2D eigenvalue weighted by Crippen LogP contribution is 2.26. The van der Waals surface area contributed by atoms with Crippen molar-refractivity contribution in [1.29, 1.82) is 0 Å². The molecule has 1 saturated heterocycles. The molecule has 0 aromatic heterocycles. The summed E-state index contributed by atoms with van der Waals surface area (Å²) in [6, 6.07) is 8.72. The maximum atomic E-state index is 10.4. The fourth-order valence-electron chi connectivity index (χ4n) is 2.96. The number of nitrogens with zero attached hydrogens (tertiary/aromatic N) is 1. The minimum absolute atomic E-state index is 0.362. The van der Waals surface area contributed by atoms with Crippen LogP contribution in [0.4, 0.5) is 0 Å². The molecule has 100 valence electrons. The third kappa shape index (κ3) is 2.93. The van der Waals surface area contributed by atoms with Crippen LogP contribution in [0.15, 0.2) is 24.3 Å². The number of hydrogen-bond donors (Lipinski definition) is 1. The number of aliphatic hydroxyl groups excluding tert-OH is 1. The van der Waals surface area contributed by atoms with Crippen molar-refractivity contribution in [2.75, 3.05) is 13.1 Å². The molecule has 2 rings (SSSR count). The first-order valence-corrected chi connectivity index (χ1v) is 7.07. The number of aryl methyl sites for hydroxylation is 1.